The van der Waals surface area contributed by atoms with Crippen LogP contribution in [0.4, 0.5) is 5.95 Å². The van der Waals surface area contributed by atoms with Gasteiger partial charge >= 0.3 is 0 Å². The van der Waals surface area contributed by atoms with Crippen molar-refractivity contribution in [1.82, 2.24) is 29.9 Å². The van der Waals surface area contributed by atoms with E-state index in [1.54, 1.807) is 10.9 Å². The van der Waals surface area contributed by atoms with Gasteiger partial charge in [-0.1, -0.05) is 6.92 Å². The van der Waals surface area contributed by atoms with Gasteiger partial charge in [-0.05, 0) is 19.4 Å². The lowest BCUT2D eigenvalue weighted by Gasteiger charge is -2.06. The Morgan fingerprint density at radius 2 is 2.26 bits per heavy atom. The highest BCUT2D eigenvalue weighted by molar-refractivity contribution is 5.82. The zero-order valence-electron chi connectivity index (χ0n) is 10.9. The van der Waals surface area contributed by atoms with Crippen molar-refractivity contribution in [1.29, 1.82) is 0 Å². The molecule has 0 aliphatic carbocycles. The first-order valence-corrected chi connectivity index (χ1v) is 6.25. The Bertz CT molecular complexity index is 697. The molecule has 0 aliphatic rings. The highest BCUT2D eigenvalue weighted by Crippen LogP contribution is 2.18. The minimum atomic E-state index is 0.585. The molecule has 0 spiro atoms. The molecule has 0 fully saturated rings. The second-order valence-corrected chi connectivity index (χ2v) is 4.33. The molecule has 0 saturated heterocycles. The highest BCUT2D eigenvalue weighted by atomic mass is 15.3. The number of aromatic amines is 1. The number of hydrogen-bond donors (Lipinski definition) is 2. The van der Waals surface area contributed by atoms with Crippen molar-refractivity contribution in [3.05, 3.63) is 24.2 Å². The van der Waals surface area contributed by atoms with Crippen LogP contribution in [0.1, 0.15) is 19.0 Å². The molecule has 0 aromatic carbocycles. The average molecular weight is 257 g/mol. The van der Waals surface area contributed by atoms with Crippen LogP contribution in [-0.4, -0.2) is 36.5 Å². The van der Waals surface area contributed by atoms with E-state index < -0.39 is 0 Å². The zero-order chi connectivity index (χ0) is 13.2. The molecule has 19 heavy (non-hydrogen) atoms. The van der Waals surface area contributed by atoms with E-state index in [9.17, 15) is 0 Å². The van der Waals surface area contributed by atoms with Crippen LogP contribution in [0.3, 0.4) is 0 Å². The molecular weight excluding hydrogens is 242 g/mol. The van der Waals surface area contributed by atoms with Crippen molar-refractivity contribution in [3.8, 4) is 5.82 Å². The molecule has 3 heterocycles. The first-order chi connectivity index (χ1) is 9.28. The van der Waals surface area contributed by atoms with Crippen LogP contribution >= 0.6 is 0 Å². The molecule has 7 heteroatoms. The predicted octanol–water partition coefficient (Wildman–Crippen LogP) is 1.67. The number of nitrogens with one attached hydrogen (secondary N) is 2. The summed E-state index contributed by atoms with van der Waals surface area (Å²) < 4.78 is 1.74. The van der Waals surface area contributed by atoms with Crippen LogP contribution in [0.25, 0.3) is 16.9 Å². The molecule has 0 aliphatic heterocycles. The van der Waals surface area contributed by atoms with Gasteiger partial charge in [0.25, 0.3) is 0 Å². The van der Waals surface area contributed by atoms with Gasteiger partial charge in [-0.3, -0.25) is 5.10 Å². The maximum Gasteiger partial charge on any atom is 0.226 e. The van der Waals surface area contributed by atoms with Crippen LogP contribution in [-0.2, 0) is 0 Å². The van der Waals surface area contributed by atoms with Crippen LogP contribution in [0.5, 0.6) is 0 Å². The van der Waals surface area contributed by atoms with Gasteiger partial charge in [0.1, 0.15) is 0 Å². The van der Waals surface area contributed by atoms with Gasteiger partial charge in [-0.2, -0.15) is 20.2 Å². The standard InChI is InChI=1S/C12H15N7/c1-3-5-13-12-15-10-9(7-14-17-10)11(16-12)19-6-4-8(2)18-19/h4,6-7H,3,5H2,1-2H3,(H2,13,14,15,16,17). The average Bonchev–Trinajstić information content (AvgIpc) is 3.03. The number of nitrogens with zero attached hydrogens (tertiary/aromatic N) is 5. The van der Waals surface area contributed by atoms with E-state index in [1.165, 1.54) is 0 Å². The largest absolute Gasteiger partial charge is 0.354 e. The van der Waals surface area contributed by atoms with Gasteiger partial charge in [0, 0.05) is 12.7 Å². The van der Waals surface area contributed by atoms with Crippen LogP contribution in [0.15, 0.2) is 18.5 Å². The second-order valence-electron chi connectivity index (χ2n) is 4.33. The monoisotopic (exact) mass is 257 g/mol. The Labute approximate surface area is 110 Å². The number of aryl methyl sites for hydroxylation is 1. The maximum absolute atomic E-state index is 4.51. The van der Waals surface area contributed by atoms with Crippen molar-refractivity contribution in [3.63, 3.8) is 0 Å². The molecule has 3 aromatic rings. The minimum absolute atomic E-state index is 0.585. The van der Waals surface area contributed by atoms with Crippen LogP contribution < -0.4 is 5.32 Å². The summed E-state index contributed by atoms with van der Waals surface area (Å²) in [5, 5.41) is 15.3. The van der Waals surface area contributed by atoms with Gasteiger partial charge in [-0.25, -0.2) is 4.68 Å². The van der Waals surface area contributed by atoms with E-state index in [2.05, 4.69) is 37.5 Å². The van der Waals surface area contributed by atoms with E-state index in [0.717, 1.165) is 29.9 Å². The SMILES string of the molecule is CCCNc1nc(-n2ccc(C)n2)c2cn[nH]c2n1. The Morgan fingerprint density at radius 1 is 1.37 bits per heavy atom. The quantitative estimate of drug-likeness (QED) is 0.742. The highest BCUT2D eigenvalue weighted by Gasteiger charge is 2.11. The second kappa shape index (κ2) is 4.68. The lowest BCUT2D eigenvalue weighted by Crippen LogP contribution is -2.08. The number of rotatable bonds is 4. The summed E-state index contributed by atoms with van der Waals surface area (Å²) >= 11 is 0. The van der Waals surface area contributed by atoms with Gasteiger partial charge in [0.05, 0.1) is 17.3 Å². The summed E-state index contributed by atoms with van der Waals surface area (Å²) in [5.41, 5.74) is 1.65. The number of anilines is 1. The van der Waals surface area contributed by atoms with Crippen molar-refractivity contribution < 1.29 is 0 Å². The van der Waals surface area contributed by atoms with E-state index in [4.69, 9.17) is 0 Å². The molecule has 0 bridgehead atoms. The van der Waals surface area contributed by atoms with Crippen molar-refractivity contribution >= 4 is 17.0 Å². The van der Waals surface area contributed by atoms with Gasteiger partial charge in [0.15, 0.2) is 11.5 Å². The number of H-pyrrole nitrogens is 1. The third-order valence-electron chi connectivity index (χ3n) is 2.76. The summed E-state index contributed by atoms with van der Waals surface area (Å²) in [5.74, 6) is 1.31. The minimum Gasteiger partial charge on any atom is -0.354 e. The van der Waals surface area contributed by atoms with Gasteiger partial charge in [-0.15, -0.1) is 0 Å². The molecule has 0 unspecified atom stereocenters. The number of aromatic nitrogens is 6. The summed E-state index contributed by atoms with van der Waals surface area (Å²) in [4.78, 5) is 8.90. The van der Waals surface area contributed by atoms with E-state index >= 15 is 0 Å². The summed E-state index contributed by atoms with van der Waals surface area (Å²) in [6.45, 7) is 4.87. The smallest absolute Gasteiger partial charge is 0.226 e. The van der Waals surface area contributed by atoms with Crippen molar-refractivity contribution in [2.45, 2.75) is 20.3 Å². The lowest BCUT2D eigenvalue weighted by molar-refractivity contribution is 0.834. The molecule has 7 nitrogen and oxygen atoms in total. The Morgan fingerprint density at radius 3 is 3.00 bits per heavy atom. The molecule has 3 rings (SSSR count). The van der Waals surface area contributed by atoms with E-state index in [1.807, 2.05) is 19.2 Å². The first kappa shape index (κ1) is 11.6. The third-order valence-corrected chi connectivity index (χ3v) is 2.76. The van der Waals surface area contributed by atoms with Crippen LogP contribution in [0, 0.1) is 6.92 Å². The van der Waals surface area contributed by atoms with Crippen LogP contribution in [0.2, 0.25) is 0 Å². The maximum atomic E-state index is 4.51. The fourth-order valence-corrected chi connectivity index (χ4v) is 1.84. The normalized spacial score (nSPS) is 11.1. The topological polar surface area (TPSA) is 84.3 Å². The third kappa shape index (κ3) is 2.14. The predicted molar refractivity (Wildman–Crippen MR) is 72.3 cm³/mol. The lowest BCUT2D eigenvalue weighted by atomic mass is 10.4. The van der Waals surface area contributed by atoms with Crippen molar-refractivity contribution in [2.24, 2.45) is 0 Å². The molecular formula is C12H15N7. The molecule has 0 atom stereocenters. The summed E-state index contributed by atoms with van der Waals surface area (Å²) in [6.07, 6.45) is 4.61. The fraction of sp³-hybridized carbons (Fsp3) is 0.333. The van der Waals surface area contributed by atoms with Gasteiger partial charge < -0.3 is 5.32 Å². The molecule has 0 saturated carbocycles. The Hall–Kier alpha value is -2.44. The number of hydrogen-bond acceptors (Lipinski definition) is 5. The molecule has 0 amide bonds. The van der Waals surface area contributed by atoms with E-state index in [-0.39, 0.29) is 0 Å². The summed E-state index contributed by atoms with van der Waals surface area (Å²) in [6, 6.07) is 1.94. The molecule has 0 radical (unpaired) electrons. The Balaban J connectivity index is 2.12. The van der Waals surface area contributed by atoms with Crippen molar-refractivity contribution in [2.75, 3.05) is 11.9 Å². The summed E-state index contributed by atoms with van der Waals surface area (Å²) in [7, 11) is 0. The van der Waals surface area contributed by atoms with E-state index in [0.29, 0.717) is 11.6 Å². The number of fused-ring (bicyclic) bond motifs is 1. The Kier molecular flexibility index (Phi) is 2.86. The van der Waals surface area contributed by atoms with Gasteiger partial charge in [0.2, 0.25) is 5.95 Å². The zero-order valence-corrected chi connectivity index (χ0v) is 10.9. The molecule has 3 aromatic heterocycles. The molecule has 98 valence electrons. The fourth-order valence-electron chi connectivity index (χ4n) is 1.84. The first-order valence-electron chi connectivity index (χ1n) is 6.25. The molecule has 2 N–H and O–H groups in total.